The Morgan fingerprint density at radius 3 is 2.58 bits per heavy atom. The fourth-order valence-electron chi connectivity index (χ4n) is 3.59. The number of amidine groups is 1. The van der Waals surface area contributed by atoms with Gasteiger partial charge in [0, 0.05) is 37.4 Å². The Balaban J connectivity index is 2.22. The predicted molar refractivity (Wildman–Crippen MR) is 109 cm³/mol. The average Bonchev–Trinajstić information content (AvgIpc) is 2.71. The number of halogens is 6. The minimum atomic E-state index is -5.05. The molecule has 2 aliphatic rings. The maximum atomic E-state index is 13.7. The molecule has 0 aromatic carbocycles. The van der Waals surface area contributed by atoms with Gasteiger partial charge in [-0.25, -0.2) is 14.8 Å². The van der Waals surface area contributed by atoms with Crippen LogP contribution in [-0.4, -0.2) is 54.9 Å². The third kappa shape index (κ3) is 5.46. The monoisotopic (exact) mass is 477 g/mol. The van der Waals surface area contributed by atoms with Crippen LogP contribution in [-0.2, 0) is 10.9 Å². The van der Waals surface area contributed by atoms with Crippen molar-refractivity contribution in [1.82, 2.24) is 15.6 Å². The lowest BCUT2D eigenvalue weighted by Crippen LogP contribution is -2.50. The highest BCUT2D eigenvalue weighted by Gasteiger charge is 2.50. The fraction of sp³-hybridized carbons (Fsp3) is 0.450. The number of rotatable bonds is 3. The number of anilines is 1. The van der Waals surface area contributed by atoms with Gasteiger partial charge < -0.3 is 15.0 Å². The van der Waals surface area contributed by atoms with Crippen molar-refractivity contribution in [2.75, 3.05) is 24.5 Å². The number of cyclic esters (lactones) is 1. The van der Waals surface area contributed by atoms with Crippen molar-refractivity contribution in [2.45, 2.75) is 38.3 Å². The number of nitrogens with zero attached hydrogens (tertiary/aromatic N) is 3. The summed E-state index contributed by atoms with van der Waals surface area (Å²) < 4.78 is 86.4. The Morgan fingerprint density at radius 2 is 2.00 bits per heavy atom. The number of hydrogen-bond acceptors (Lipinski definition) is 6. The van der Waals surface area contributed by atoms with Gasteiger partial charge in [-0.1, -0.05) is 6.58 Å². The van der Waals surface area contributed by atoms with Crippen LogP contribution in [0.3, 0.4) is 0 Å². The summed E-state index contributed by atoms with van der Waals surface area (Å²) in [4.78, 5) is 21.2. The van der Waals surface area contributed by atoms with Crippen molar-refractivity contribution in [1.29, 1.82) is 0 Å². The summed E-state index contributed by atoms with van der Waals surface area (Å²) >= 11 is 0. The second kappa shape index (κ2) is 9.04. The molecule has 3 rings (SSSR count). The first-order valence-corrected chi connectivity index (χ1v) is 9.83. The number of nitrogens with one attached hydrogen (secondary N) is 2. The van der Waals surface area contributed by atoms with E-state index < -0.39 is 41.5 Å². The molecule has 13 heteroatoms. The van der Waals surface area contributed by atoms with Crippen LogP contribution in [0.25, 0.3) is 5.57 Å². The van der Waals surface area contributed by atoms with Gasteiger partial charge in [0.1, 0.15) is 11.7 Å². The van der Waals surface area contributed by atoms with E-state index in [9.17, 15) is 31.1 Å². The minimum absolute atomic E-state index is 0.0270. The van der Waals surface area contributed by atoms with Crippen molar-refractivity contribution in [3.63, 3.8) is 0 Å². The van der Waals surface area contributed by atoms with Gasteiger partial charge in [0.2, 0.25) is 6.10 Å². The molecule has 33 heavy (non-hydrogen) atoms. The van der Waals surface area contributed by atoms with E-state index in [0.29, 0.717) is 25.7 Å². The topological polar surface area (TPSA) is 78.8 Å². The number of aliphatic imine (C=N–C) groups is 1. The van der Waals surface area contributed by atoms with Gasteiger partial charge in [0.15, 0.2) is 0 Å². The van der Waals surface area contributed by atoms with E-state index in [2.05, 4.69) is 26.6 Å². The van der Waals surface area contributed by atoms with E-state index in [1.165, 1.54) is 6.92 Å². The van der Waals surface area contributed by atoms with Crippen LogP contribution in [0.5, 0.6) is 0 Å². The number of allylic oxidation sites excluding steroid dienone is 1. The third-order valence-electron chi connectivity index (χ3n) is 5.10. The van der Waals surface area contributed by atoms with E-state index in [1.807, 2.05) is 12.2 Å². The summed E-state index contributed by atoms with van der Waals surface area (Å²) in [5.74, 6) is -0.558. The van der Waals surface area contributed by atoms with Crippen LogP contribution in [0.1, 0.15) is 25.1 Å². The third-order valence-corrected chi connectivity index (χ3v) is 5.10. The molecule has 1 aromatic heterocycles. The molecule has 2 fully saturated rings. The number of ether oxygens (including phenoxy) is 1. The van der Waals surface area contributed by atoms with Gasteiger partial charge in [-0.05, 0) is 31.6 Å². The lowest BCUT2D eigenvalue weighted by Gasteiger charge is -2.33. The number of amides is 1. The van der Waals surface area contributed by atoms with Crippen LogP contribution in [0.4, 0.5) is 37.0 Å². The summed E-state index contributed by atoms with van der Waals surface area (Å²) in [7, 11) is 0. The molecular weight excluding hydrogens is 456 g/mol. The van der Waals surface area contributed by atoms with Crippen LogP contribution in [0.2, 0.25) is 0 Å². The Kier molecular flexibility index (Phi) is 6.73. The number of carbonyl (C=O) groups is 1. The molecule has 0 saturated carbocycles. The fourth-order valence-corrected chi connectivity index (χ4v) is 3.59. The highest BCUT2D eigenvalue weighted by Crippen LogP contribution is 2.37. The number of alkyl halides is 6. The SMILES string of the molecule is C=CN=C1NC(=O)O[C@@H](C(F)(F)F)/C1=C(/C)c1cc(C(F)(F)F)cc(N2CCN[C@@H](C)C2)n1. The van der Waals surface area contributed by atoms with Crippen molar-refractivity contribution < 1.29 is 35.9 Å². The van der Waals surface area contributed by atoms with Crippen LogP contribution < -0.4 is 15.5 Å². The van der Waals surface area contributed by atoms with E-state index in [1.54, 1.807) is 4.90 Å². The number of alkyl carbamates (subject to hydrolysis) is 1. The quantitative estimate of drug-likeness (QED) is 0.646. The van der Waals surface area contributed by atoms with Crippen LogP contribution >= 0.6 is 0 Å². The first-order valence-electron chi connectivity index (χ1n) is 9.83. The zero-order valence-electron chi connectivity index (χ0n) is 17.6. The molecule has 2 aliphatic heterocycles. The molecule has 3 heterocycles. The van der Waals surface area contributed by atoms with Gasteiger partial charge in [0.25, 0.3) is 0 Å². The maximum Gasteiger partial charge on any atom is 0.430 e. The Hall–Kier alpha value is -3.09. The molecule has 0 bridgehead atoms. The maximum absolute atomic E-state index is 13.7. The first kappa shape index (κ1) is 24.6. The molecule has 2 saturated heterocycles. The Bertz CT molecular complexity index is 1000. The summed E-state index contributed by atoms with van der Waals surface area (Å²) in [6, 6.07) is 1.49. The average molecular weight is 477 g/mol. The van der Waals surface area contributed by atoms with Gasteiger partial charge >= 0.3 is 18.4 Å². The van der Waals surface area contributed by atoms with Gasteiger partial charge in [0.05, 0.1) is 11.3 Å². The van der Waals surface area contributed by atoms with Gasteiger partial charge in [-0.15, -0.1) is 0 Å². The van der Waals surface area contributed by atoms with E-state index in [0.717, 1.165) is 12.3 Å². The van der Waals surface area contributed by atoms with Crippen molar-refractivity contribution in [2.24, 2.45) is 4.99 Å². The summed E-state index contributed by atoms with van der Waals surface area (Å²) in [5.41, 5.74) is -2.37. The molecular formula is C20H21F6N5O2. The normalized spacial score (nSPS) is 24.9. The molecule has 7 nitrogen and oxygen atoms in total. The molecule has 180 valence electrons. The molecule has 0 spiro atoms. The zero-order valence-corrected chi connectivity index (χ0v) is 17.6. The molecule has 0 unspecified atom stereocenters. The molecule has 2 atom stereocenters. The number of piperazine rings is 1. The van der Waals surface area contributed by atoms with Crippen molar-refractivity contribution >= 4 is 23.3 Å². The molecule has 0 radical (unpaired) electrons. The molecule has 2 N–H and O–H groups in total. The largest absolute Gasteiger partial charge is 0.431 e. The molecule has 0 aliphatic carbocycles. The number of carbonyl (C=O) groups excluding carboxylic acids is 1. The number of hydrogen-bond donors (Lipinski definition) is 2. The van der Waals surface area contributed by atoms with Crippen molar-refractivity contribution in [3.8, 4) is 0 Å². The second-order valence-electron chi connectivity index (χ2n) is 7.55. The minimum Gasteiger partial charge on any atom is -0.431 e. The summed E-state index contributed by atoms with van der Waals surface area (Å²) in [5, 5.41) is 5.19. The van der Waals surface area contributed by atoms with E-state index in [4.69, 9.17) is 0 Å². The lowest BCUT2D eigenvalue weighted by atomic mass is 9.97. The molecule has 1 aromatic rings. The number of pyridine rings is 1. The highest BCUT2D eigenvalue weighted by atomic mass is 19.4. The second-order valence-corrected chi connectivity index (χ2v) is 7.55. The lowest BCUT2D eigenvalue weighted by molar-refractivity contribution is -0.190. The summed E-state index contributed by atoms with van der Waals surface area (Å²) in [6.45, 7) is 7.54. The van der Waals surface area contributed by atoms with Crippen molar-refractivity contribution in [3.05, 3.63) is 41.7 Å². The predicted octanol–water partition coefficient (Wildman–Crippen LogP) is 3.88. The van der Waals surface area contributed by atoms with Crippen LogP contribution in [0, 0.1) is 0 Å². The first-order chi connectivity index (χ1) is 15.3. The standard InChI is InChI=1S/C20H21F6N5O2/c1-4-27-17-15(16(20(24,25)26)33-18(32)30-17)11(3)13-7-12(19(21,22)23)8-14(29-13)31-6-5-28-10(2)9-31/h4,7-8,10,16,28H,1,5-6,9H2,2-3H3,(H,27,30,32)/b15-11+/t10-,16+/m0/s1. The van der Waals surface area contributed by atoms with Gasteiger partial charge in [-0.3, -0.25) is 5.32 Å². The van der Waals surface area contributed by atoms with Crippen LogP contribution in [0.15, 0.2) is 35.5 Å². The van der Waals surface area contributed by atoms with E-state index >= 15 is 0 Å². The Morgan fingerprint density at radius 1 is 1.30 bits per heavy atom. The smallest absolute Gasteiger partial charge is 0.430 e. The van der Waals surface area contributed by atoms with Gasteiger partial charge in [-0.2, -0.15) is 26.3 Å². The van der Waals surface area contributed by atoms with E-state index in [-0.39, 0.29) is 23.1 Å². The Labute approximate surface area is 185 Å². The highest BCUT2D eigenvalue weighted by molar-refractivity contribution is 6.13. The zero-order chi connectivity index (χ0) is 24.6. The number of aromatic nitrogens is 1. The summed E-state index contributed by atoms with van der Waals surface area (Å²) in [6.07, 6.45) is -13.1. The molecule has 1 amide bonds.